The first-order chi connectivity index (χ1) is 12.3. The van der Waals surface area contributed by atoms with E-state index in [0.717, 1.165) is 58.4 Å². The van der Waals surface area contributed by atoms with Crippen LogP contribution in [0, 0.1) is 6.92 Å². The van der Waals surface area contributed by atoms with E-state index in [0.29, 0.717) is 6.61 Å². The molecule has 1 aromatic carbocycles. The Bertz CT molecular complexity index is 786. The number of nitrogens with zero attached hydrogens (tertiary/aromatic N) is 2. The van der Waals surface area contributed by atoms with E-state index in [2.05, 4.69) is 21.9 Å². The number of hydrogen-bond donors (Lipinski definition) is 1. The van der Waals surface area contributed by atoms with Crippen LogP contribution in [0.3, 0.4) is 0 Å². The molecule has 0 fully saturated rings. The minimum absolute atomic E-state index is 0.699. The molecular formula is C19H23N3O2S. The van der Waals surface area contributed by atoms with Gasteiger partial charge in [-0.05, 0) is 38.0 Å². The molecule has 25 heavy (non-hydrogen) atoms. The Balaban J connectivity index is 1.59. The normalized spacial score (nSPS) is 11.1. The number of hydrogen-bond acceptors (Lipinski definition) is 5. The Morgan fingerprint density at radius 1 is 1.12 bits per heavy atom. The highest BCUT2D eigenvalue weighted by molar-refractivity contribution is 7.98. The number of pyridine rings is 1. The molecule has 0 bridgehead atoms. The first kappa shape index (κ1) is 17.8. The second-order valence-electron chi connectivity index (χ2n) is 5.78. The summed E-state index contributed by atoms with van der Waals surface area (Å²) >= 11 is 1.66. The summed E-state index contributed by atoms with van der Waals surface area (Å²) < 4.78 is 11.0. The summed E-state index contributed by atoms with van der Waals surface area (Å²) in [5.41, 5.74) is 4.17. The summed E-state index contributed by atoms with van der Waals surface area (Å²) in [4.78, 5) is 12.4. The highest BCUT2D eigenvalue weighted by Crippen LogP contribution is 2.27. The lowest BCUT2D eigenvalue weighted by molar-refractivity contribution is 0.184. The molecule has 0 aliphatic heterocycles. The molecule has 0 aliphatic rings. The van der Waals surface area contributed by atoms with Gasteiger partial charge in [-0.1, -0.05) is 23.9 Å². The van der Waals surface area contributed by atoms with Crippen molar-refractivity contribution in [1.82, 2.24) is 15.0 Å². The standard InChI is InChI=1S/C19H23N3O2S/c1-14-17(20-10-9-18(14)24-12-6-5-11-23-2)13-25-19-21-15-7-3-4-8-16(15)22-19/h3-4,7-10H,5-6,11-13H2,1-2H3,(H,21,22). The fourth-order valence-corrected chi connectivity index (χ4v) is 3.44. The Hall–Kier alpha value is -2.05. The second kappa shape index (κ2) is 8.87. The van der Waals surface area contributed by atoms with E-state index in [1.165, 1.54) is 0 Å². The minimum Gasteiger partial charge on any atom is -0.493 e. The van der Waals surface area contributed by atoms with Crippen LogP contribution < -0.4 is 4.74 Å². The van der Waals surface area contributed by atoms with Crippen LogP contribution in [-0.4, -0.2) is 35.3 Å². The number of para-hydroxylation sites is 2. The fourth-order valence-electron chi connectivity index (χ4n) is 2.53. The van der Waals surface area contributed by atoms with Gasteiger partial charge in [-0.15, -0.1) is 0 Å². The molecule has 0 unspecified atom stereocenters. The molecular weight excluding hydrogens is 334 g/mol. The summed E-state index contributed by atoms with van der Waals surface area (Å²) in [6.45, 7) is 3.54. The van der Waals surface area contributed by atoms with Crippen LogP contribution in [0.2, 0.25) is 0 Å². The molecule has 6 heteroatoms. The Kier molecular flexibility index (Phi) is 6.30. The van der Waals surface area contributed by atoms with Gasteiger partial charge in [0.1, 0.15) is 5.75 Å². The molecule has 0 radical (unpaired) electrons. The minimum atomic E-state index is 0.699. The molecule has 1 N–H and O–H groups in total. The van der Waals surface area contributed by atoms with Crippen molar-refractivity contribution in [1.29, 1.82) is 0 Å². The molecule has 0 spiro atoms. The highest BCUT2D eigenvalue weighted by atomic mass is 32.2. The number of ether oxygens (including phenoxy) is 2. The third-order valence-electron chi connectivity index (χ3n) is 3.97. The number of H-pyrrole nitrogens is 1. The fraction of sp³-hybridized carbons (Fsp3) is 0.368. The SMILES string of the molecule is COCCCCOc1ccnc(CSc2nc3ccccc3[nH]2)c1C. The van der Waals surface area contributed by atoms with Crippen molar-refractivity contribution in [3.05, 3.63) is 47.8 Å². The number of benzene rings is 1. The molecule has 0 saturated carbocycles. The van der Waals surface area contributed by atoms with E-state index in [4.69, 9.17) is 9.47 Å². The van der Waals surface area contributed by atoms with Crippen molar-refractivity contribution >= 4 is 22.8 Å². The number of rotatable bonds is 9. The third-order valence-corrected chi connectivity index (χ3v) is 4.86. The van der Waals surface area contributed by atoms with Gasteiger partial charge in [-0.2, -0.15) is 0 Å². The van der Waals surface area contributed by atoms with Gasteiger partial charge in [0.2, 0.25) is 0 Å². The number of thioether (sulfide) groups is 1. The lowest BCUT2D eigenvalue weighted by Gasteiger charge is -2.11. The van der Waals surface area contributed by atoms with Crippen molar-refractivity contribution in [2.24, 2.45) is 0 Å². The number of fused-ring (bicyclic) bond motifs is 1. The average Bonchev–Trinajstić information content (AvgIpc) is 3.05. The van der Waals surface area contributed by atoms with Crippen LogP contribution in [0.15, 0.2) is 41.7 Å². The topological polar surface area (TPSA) is 60.0 Å². The molecule has 2 heterocycles. The van der Waals surface area contributed by atoms with E-state index >= 15 is 0 Å². The summed E-state index contributed by atoms with van der Waals surface area (Å²) in [6, 6.07) is 9.98. The van der Waals surface area contributed by atoms with Crippen molar-refractivity contribution in [2.45, 2.75) is 30.7 Å². The number of imidazole rings is 1. The first-order valence-corrected chi connectivity index (χ1v) is 9.40. The molecule has 3 aromatic rings. The summed E-state index contributed by atoms with van der Waals surface area (Å²) in [5, 5.41) is 0.910. The van der Waals surface area contributed by atoms with Gasteiger partial charge in [0.05, 0.1) is 23.3 Å². The predicted octanol–water partition coefficient (Wildman–Crippen LogP) is 4.36. The van der Waals surface area contributed by atoms with E-state index in [9.17, 15) is 0 Å². The van der Waals surface area contributed by atoms with E-state index in [1.54, 1.807) is 18.9 Å². The number of unbranched alkanes of at least 4 members (excludes halogenated alkanes) is 1. The average molecular weight is 357 g/mol. The molecule has 3 rings (SSSR count). The Morgan fingerprint density at radius 3 is 2.80 bits per heavy atom. The molecule has 132 valence electrons. The maximum Gasteiger partial charge on any atom is 0.166 e. The predicted molar refractivity (Wildman–Crippen MR) is 101 cm³/mol. The second-order valence-corrected chi connectivity index (χ2v) is 6.74. The number of aromatic nitrogens is 3. The van der Waals surface area contributed by atoms with Gasteiger partial charge in [0.15, 0.2) is 5.16 Å². The van der Waals surface area contributed by atoms with Gasteiger partial charge < -0.3 is 14.5 Å². The lowest BCUT2D eigenvalue weighted by atomic mass is 10.2. The lowest BCUT2D eigenvalue weighted by Crippen LogP contribution is -2.03. The van der Waals surface area contributed by atoms with Gasteiger partial charge in [0.25, 0.3) is 0 Å². The molecule has 0 atom stereocenters. The third kappa shape index (κ3) is 4.74. The van der Waals surface area contributed by atoms with Crippen LogP contribution in [0.1, 0.15) is 24.1 Å². The van der Waals surface area contributed by atoms with Crippen molar-refractivity contribution < 1.29 is 9.47 Å². The first-order valence-electron chi connectivity index (χ1n) is 8.41. The number of aromatic amines is 1. The van der Waals surface area contributed by atoms with Crippen molar-refractivity contribution in [2.75, 3.05) is 20.3 Å². The molecule has 0 aliphatic carbocycles. The van der Waals surface area contributed by atoms with Crippen LogP contribution in [0.5, 0.6) is 5.75 Å². The largest absolute Gasteiger partial charge is 0.493 e. The van der Waals surface area contributed by atoms with Crippen LogP contribution in [0.4, 0.5) is 0 Å². The molecule has 0 amide bonds. The van der Waals surface area contributed by atoms with E-state index in [-0.39, 0.29) is 0 Å². The van der Waals surface area contributed by atoms with E-state index in [1.807, 2.05) is 36.5 Å². The van der Waals surface area contributed by atoms with Crippen LogP contribution in [-0.2, 0) is 10.5 Å². The van der Waals surface area contributed by atoms with Crippen LogP contribution >= 0.6 is 11.8 Å². The van der Waals surface area contributed by atoms with Crippen molar-refractivity contribution in [3.8, 4) is 5.75 Å². The molecule has 2 aromatic heterocycles. The monoisotopic (exact) mass is 357 g/mol. The van der Waals surface area contributed by atoms with Gasteiger partial charge in [-0.3, -0.25) is 4.98 Å². The Labute approximate surface area is 152 Å². The summed E-state index contributed by atoms with van der Waals surface area (Å²) in [6.07, 6.45) is 3.81. The maximum absolute atomic E-state index is 5.90. The summed E-state index contributed by atoms with van der Waals surface area (Å²) in [5.74, 6) is 1.67. The maximum atomic E-state index is 5.90. The number of methoxy groups -OCH3 is 1. The van der Waals surface area contributed by atoms with Crippen molar-refractivity contribution in [3.63, 3.8) is 0 Å². The Morgan fingerprint density at radius 2 is 1.96 bits per heavy atom. The quantitative estimate of drug-likeness (QED) is 0.455. The summed E-state index contributed by atoms with van der Waals surface area (Å²) in [7, 11) is 1.72. The highest BCUT2D eigenvalue weighted by Gasteiger charge is 2.09. The molecule has 5 nitrogen and oxygen atoms in total. The van der Waals surface area contributed by atoms with Gasteiger partial charge >= 0.3 is 0 Å². The van der Waals surface area contributed by atoms with Gasteiger partial charge in [0, 0.05) is 31.2 Å². The van der Waals surface area contributed by atoms with Crippen LogP contribution in [0.25, 0.3) is 11.0 Å². The zero-order chi connectivity index (χ0) is 17.5. The van der Waals surface area contributed by atoms with E-state index < -0.39 is 0 Å². The van der Waals surface area contributed by atoms with Gasteiger partial charge in [-0.25, -0.2) is 4.98 Å². The molecule has 0 saturated heterocycles. The smallest absolute Gasteiger partial charge is 0.166 e. The number of nitrogens with one attached hydrogen (secondary N) is 1. The zero-order valence-electron chi connectivity index (χ0n) is 14.6. The zero-order valence-corrected chi connectivity index (χ0v) is 15.4.